The Balaban J connectivity index is 1.15. The molecule has 8 nitrogen and oxygen atoms in total. The SMILES string of the molecule is NC(=O)[C@H](Cc1ccc(Br)cc1)NC(=O)c1cccc2c1OCCC2NCc1cncn1-c1ccc(-c2ccccc2)cc1. The molecule has 2 atom stereocenters. The normalized spacial score (nSPS) is 14.7. The molecule has 1 aliphatic heterocycles. The summed E-state index contributed by atoms with van der Waals surface area (Å²) in [5.74, 6) is -0.482. The number of nitrogens with two attached hydrogens (primary N) is 1. The fourth-order valence-corrected chi connectivity index (χ4v) is 5.75. The lowest BCUT2D eigenvalue weighted by Crippen LogP contribution is -2.46. The number of rotatable bonds is 10. The van der Waals surface area contributed by atoms with Crippen LogP contribution in [0.2, 0.25) is 0 Å². The second-order valence-electron chi connectivity index (χ2n) is 10.7. The van der Waals surface area contributed by atoms with Crippen LogP contribution < -0.4 is 21.1 Å². The van der Waals surface area contributed by atoms with E-state index in [4.69, 9.17) is 10.5 Å². The molecule has 222 valence electrons. The molecule has 0 saturated carbocycles. The molecule has 6 rings (SSSR count). The molecule has 1 aromatic heterocycles. The zero-order valence-electron chi connectivity index (χ0n) is 23.9. The maximum atomic E-state index is 13.4. The third-order valence-corrected chi connectivity index (χ3v) is 8.35. The minimum Gasteiger partial charge on any atom is -0.492 e. The molecule has 2 amide bonds. The number of ether oxygens (including phenoxy) is 1. The molecule has 0 aliphatic carbocycles. The summed E-state index contributed by atoms with van der Waals surface area (Å²) in [4.78, 5) is 30.0. The Morgan fingerprint density at radius 2 is 1.70 bits per heavy atom. The number of carbonyl (C=O) groups excluding carboxylic acids is 2. The summed E-state index contributed by atoms with van der Waals surface area (Å²) in [6.45, 7) is 1.02. The standard InChI is InChI=1S/C35H32BrN5O3/c36-26-13-9-23(10-14-26)19-32(34(37)42)40-35(43)30-8-4-7-29-31(17-18-44-33(29)30)39-21-28-20-38-22-41(28)27-15-11-25(12-16-27)24-5-2-1-3-6-24/h1-16,20,22,31-32,39H,17-19,21H2,(H2,37,42)(H,40,43)/t31?,32-/m0/s1. The van der Waals surface area contributed by atoms with E-state index in [1.807, 2.05) is 67.1 Å². The van der Waals surface area contributed by atoms with Crippen molar-refractivity contribution in [3.05, 3.63) is 136 Å². The molecule has 0 radical (unpaired) electrons. The number of halogens is 1. The molecule has 1 unspecified atom stereocenters. The number of amides is 2. The highest BCUT2D eigenvalue weighted by molar-refractivity contribution is 9.10. The van der Waals surface area contributed by atoms with E-state index in [0.717, 1.165) is 39.0 Å². The van der Waals surface area contributed by atoms with Crippen LogP contribution in [0.25, 0.3) is 16.8 Å². The Morgan fingerprint density at radius 3 is 2.45 bits per heavy atom. The number of carbonyl (C=O) groups is 2. The number of hydrogen-bond acceptors (Lipinski definition) is 5. The van der Waals surface area contributed by atoms with Crippen molar-refractivity contribution in [2.75, 3.05) is 6.61 Å². The number of hydrogen-bond donors (Lipinski definition) is 3. The van der Waals surface area contributed by atoms with Gasteiger partial charge in [0, 0.05) is 47.3 Å². The van der Waals surface area contributed by atoms with Gasteiger partial charge >= 0.3 is 0 Å². The van der Waals surface area contributed by atoms with E-state index in [2.05, 4.69) is 72.5 Å². The van der Waals surface area contributed by atoms with E-state index < -0.39 is 17.9 Å². The summed E-state index contributed by atoms with van der Waals surface area (Å²) in [6, 6.07) is 30.9. The molecule has 0 bridgehead atoms. The van der Waals surface area contributed by atoms with Gasteiger partial charge in [-0.15, -0.1) is 0 Å². The Labute approximate surface area is 264 Å². The average molecular weight is 651 g/mol. The number of primary amides is 1. The first kappa shape index (κ1) is 29.3. The Hall–Kier alpha value is -4.73. The number of nitrogens with one attached hydrogen (secondary N) is 2. The zero-order valence-corrected chi connectivity index (χ0v) is 25.5. The lowest BCUT2D eigenvalue weighted by atomic mass is 9.96. The smallest absolute Gasteiger partial charge is 0.255 e. The monoisotopic (exact) mass is 649 g/mol. The second kappa shape index (κ2) is 13.3. The predicted octanol–water partition coefficient (Wildman–Crippen LogP) is 5.74. The minimum absolute atomic E-state index is 0.0370. The molecular formula is C35H32BrN5O3. The summed E-state index contributed by atoms with van der Waals surface area (Å²) in [7, 11) is 0. The number of aromatic nitrogens is 2. The van der Waals surface area contributed by atoms with Crippen LogP contribution in [0.4, 0.5) is 0 Å². The Morgan fingerprint density at radius 1 is 0.955 bits per heavy atom. The molecule has 5 aromatic rings. The van der Waals surface area contributed by atoms with Crippen molar-refractivity contribution < 1.29 is 14.3 Å². The highest BCUT2D eigenvalue weighted by atomic mass is 79.9. The van der Waals surface area contributed by atoms with Crippen LogP contribution in [0.1, 0.15) is 39.6 Å². The molecule has 2 heterocycles. The summed E-state index contributed by atoms with van der Waals surface area (Å²) < 4.78 is 9.02. The van der Waals surface area contributed by atoms with Gasteiger partial charge in [-0.3, -0.25) is 9.59 Å². The van der Waals surface area contributed by atoms with E-state index in [9.17, 15) is 9.59 Å². The van der Waals surface area contributed by atoms with Crippen LogP contribution in [0.15, 0.2) is 114 Å². The van der Waals surface area contributed by atoms with Crippen LogP contribution in [0, 0.1) is 0 Å². The summed E-state index contributed by atoms with van der Waals surface area (Å²) in [5, 5.41) is 6.46. The number of nitrogens with zero attached hydrogens (tertiary/aromatic N) is 2. The van der Waals surface area contributed by atoms with E-state index in [1.165, 1.54) is 5.56 Å². The van der Waals surface area contributed by atoms with Gasteiger partial charge in [0.05, 0.1) is 24.2 Å². The van der Waals surface area contributed by atoms with Gasteiger partial charge in [-0.25, -0.2) is 4.98 Å². The van der Waals surface area contributed by atoms with Crippen molar-refractivity contribution >= 4 is 27.7 Å². The molecule has 4 N–H and O–H groups in total. The average Bonchev–Trinajstić information content (AvgIpc) is 3.53. The van der Waals surface area contributed by atoms with E-state index >= 15 is 0 Å². The van der Waals surface area contributed by atoms with Crippen molar-refractivity contribution in [2.24, 2.45) is 5.73 Å². The third kappa shape index (κ3) is 6.59. The van der Waals surface area contributed by atoms with Crippen LogP contribution in [-0.4, -0.2) is 34.0 Å². The van der Waals surface area contributed by atoms with E-state index in [0.29, 0.717) is 24.5 Å². The van der Waals surface area contributed by atoms with Gasteiger partial charge in [-0.2, -0.15) is 0 Å². The van der Waals surface area contributed by atoms with Crippen LogP contribution in [0.5, 0.6) is 5.75 Å². The van der Waals surface area contributed by atoms with Gasteiger partial charge in [0.1, 0.15) is 11.8 Å². The van der Waals surface area contributed by atoms with Gasteiger partial charge < -0.3 is 25.7 Å². The van der Waals surface area contributed by atoms with E-state index in [1.54, 1.807) is 6.07 Å². The topological polar surface area (TPSA) is 111 Å². The van der Waals surface area contributed by atoms with Crippen LogP contribution in [-0.2, 0) is 17.8 Å². The molecular weight excluding hydrogens is 618 g/mol. The second-order valence-corrected chi connectivity index (χ2v) is 11.6. The predicted molar refractivity (Wildman–Crippen MR) is 173 cm³/mol. The van der Waals surface area contributed by atoms with Crippen molar-refractivity contribution in [3.8, 4) is 22.6 Å². The summed E-state index contributed by atoms with van der Waals surface area (Å²) >= 11 is 3.41. The summed E-state index contributed by atoms with van der Waals surface area (Å²) in [6.07, 6.45) is 4.71. The van der Waals surface area contributed by atoms with Crippen molar-refractivity contribution in [2.45, 2.75) is 31.5 Å². The molecule has 4 aromatic carbocycles. The van der Waals surface area contributed by atoms with Crippen molar-refractivity contribution in [1.82, 2.24) is 20.2 Å². The maximum Gasteiger partial charge on any atom is 0.255 e. The lowest BCUT2D eigenvalue weighted by molar-refractivity contribution is -0.119. The maximum absolute atomic E-state index is 13.4. The Bertz CT molecular complexity index is 1750. The number of para-hydroxylation sites is 1. The number of imidazole rings is 1. The van der Waals surface area contributed by atoms with Gasteiger partial charge in [0.15, 0.2) is 0 Å². The third-order valence-electron chi connectivity index (χ3n) is 7.82. The molecule has 9 heteroatoms. The number of fused-ring (bicyclic) bond motifs is 1. The lowest BCUT2D eigenvalue weighted by Gasteiger charge is -2.28. The highest BCUT2D eigenvalue weighted by Gasteiger charge is 2.28. The van der Waals surface area contributed by atoms with Crippen molar-refractivity contribution in [1.29, 1.82) is 0 Å². The summed E-state index contributed by atoms with van der Waals surface area (Å²) in [5.41, 5.74) is 12.2. The van der Waals surface area contributed by atoms with Crippen LogP contribution >= 0.6 is 15.9 Å². The zero-order chi connectivity index (χ0) is 30.5. The highest BCUT2D eigenvalue weighted by Crippen LogP contribution is 2.35. The fourth-order valence-electron chi connectivity index (χ4n) is 5.49. The fraction of sp³-hybridized carbons (Fsp3) is 0.171. The van der Waals surface area contributed by atoms with Crippen LogP contribution in [0.3, 0.4) is 0 Å². The molecule has 0 saturated heterocycles. The molecule has 44 heavy (non-hydrogen) atoms. The van der Waals surface area contributed by atoms with Crippen molar-refractivity contribution in [3.63, 3.8) is 0 Å². The molecule has 1 aliphatic rings. The van der Waals surface area contributed by atoms with Gasteiger partial charge in [0.2, 0.25) is 5.91 Å². The van der Waals surface area contributed by atoms with Gasteiger partial charge in [-0.1, -0.05) is 82.7 Å². The quantitative estimate of drug-likeness (QED) is 0.179. The Kier molecular flexibility index (Phi) is 8.86. The first-order valence-corrected chi connectivity index (χ1v) is 15.3. The first-order valence-electron chi connectivity index (χ1n) is 14.5. The number of benzene rings is 4. The van der Waals surface area contributed by atoms with E-state index in [-0.39, 0.29) is 12.5 Å². The van der Waals surface area contributed by atoms with Gasteiger partial charge in [-0.05, 0) is 47.0 Å². The van der Waals surface area contributed by atoms with Gasteiger partial charge in [0.25, 0.3) is 5.91 Å². The molecule has 0 spiro atoms. The molecule has 0 fully saturated rings. The minimum atomic E-state index is -0.862. The first-order chi connectivity index (χ1) is 21.5. The largest absolute Gasteiger partial charge is 0.492 e.